The number of sulfonamides is 1. The van der Waals surface area contributed by atoms with Crippen molar-refractivity contribution in [2.24, 2.45) is 0 Å². The lowest BCUT2D eigenvalue weighted by molar-refractivity contribution is -0.109. The SMILES string of the molecule is CC1CN(S(=O)(=O)c2cc(N)c(Br)cc2F)CC(C)(C)O1. The van der Waals surface area contributed by atoms with Gasteiger partial charge in [0.2, 0.25) is 10.0 Å². The van der Waals surface area contributed by atoms with Gasteiger partial charge < -0.3 is 10.5 Å². The summed E-state index contributed by atoms with van der Waals surface area (Å²) in [6.07, 6.45) is -0.264. The molecule has 1 heterocycles. The minimum atomic E-state index is -3.96. The Kier molecular flexibility index (Phi) is 4.36. The lowest BCUT2D eigenvalue weighted by Crippen LogP contribution is -2.53. The Morgan fingerprint density at radius 2 is 2.10 bits per heavy atom. The van der Waals surface area contributed by atoms with Gasteiger partial charge in [0.05, 0.1) is 11.7 Å². The molecule has 1 aromatic rings. The lowest BCUT2D eigenvalue weighted by atomic mass is 10.1. The minimum absolute atomic E-state index is 0.162. The zero-order valence-corrected chi connectivity index (χ0v) is 14.5. The summed E-state index contributed by atoms with van der Waals surface area (Å²) < 4.78 is 46.6. The molecule has 8 heteroatoms. The van der Waals surface area contributed by atoms with Crippen molar-refractivity contribution in [2.45, 2.75) is 37.4 Å². The van der Waals surface area contributed by atoms with Crippen molar-refractivity contribution in [2.75, 3.05) is 18.8 Å². The van der Waals surface area contributed by atoms with E-state index in [1.807, 2.05) is 0 Å². The normalized spacial score (nSPS) is 23.2. The van der Waals surface area contributed by atoms with Gasteiger partial charge >= 0.3 is 0 Å². The van der Waals surface area contributed by atoms with E-state index in [0.29, 0.717) is 4.47 Å². The van der Waals surface area contributed by atoms with E-state index in [2.05, 4.69) is 15.9 Å². The highest BCUT2D eigenvalue weighted by Gasteiger charge is 2.39. The highest BCUT2D eigenvalue weighted by Crippen LogP contribution is 2.31. The quantitative estimate of drug-likeness (QED) is 0.799. The van der Waals surface area contributed by atoms with Gasteiger partial charge in [0.15, 0.2) is 0 Å². The standard InChI is InChI=1S/C13H18BrFN2O3S/c1-8-6-17(7-13(2,3)20-8)21(18,19)12-5-11(16)9(14)4-10(12)15/h4-5,8H,6-7,16H2,1-3H3. The maximum Gasteiger partial charge on any atom is 0.246 e. The monoisotopic (exact) mass is 380 g/mol. The van der Waals surface area contributed by atoms with Crippen molar-refractivity contribution in [3.8, 4) is 0 Å². The van der Waals surface area contributed by atoms with Crippen LogP contribution < -0.4 is 5.73 Å². The van der Waals surface area contributed by atoms with Gasteiger partial charge in [-0.15, -0.1) is 0 Å². The molecule has 1 aliphatic heterocycles. The number of nitrogens with two attached hydrogens (primary N) is 1. The molecule has 5 nitrogen and oxygen atoms in total. The van der Waals surface area contributed by atoms with E-state index in [4.69, 9.17) is 10.5 Å². The van der Waals surface area contributed by atoms with Gasteiger partial charge in [-0.25, -0.2) is 12.8 Å². The molecule has 0 radical (unpaired) electrons. The first-order valence-corrected chi connectivity index (χ1v) is 8.69. The molecule has 21 heavy (non-hydrogen) atoms. The van der Waals surface area contributed by atoms with Gasteiger partial charge in [-0.05, 0) is 48.8 Å². The molecule has 1 atom stereocenters. The molecule has 2 N–H and O–H groups in total. The second kappa shape index (κ2) is 5.49. The molecule has 1 saturated heterocycles. The Bertz CT molecular complexity index is 664. The molecular formula is C13H18BrFN2O3S. The van der Waals surface area contributed by atoms with Crippen molar-refractivity contribution in [3.05, 3.63) is 22.4 Å². The van der Waals surface area contributed by atoms with E-state index in [-0.39, 0.29) is 24.9 Å². The third kappa shape index (κ3) is 3.39. The van der Waals surface area contributed by atoms with E-state index in [0.717, 1.165) is 12.1 Å². The van der Waals surface area contributed by atoms with Gasteiger partial charge in [0.1, 0.15) is 10.7 Å². The van der Waals surface area contributed by atoms with Crippen molar-refractivity contribution in [1.82, 2.24) is 4.31 Å². The van der Waals surface area contributed by atoms with Crippen LogP contribution in [0.3, 0.4) is 0 Å². The van der Waals surface area contributed by atoms with Crippen molar-refractivity contribution < 1.29 is 17.5 Å². The molecule has 0 bridgehead atoms. The second-order valence-electron chi connectivity index (χ2n) is 5.79. The molecule has 1 aliphatic rings. The number of morpholine rings is 1. The molecule has 0 aliphatic carbocycles. The number of benzene rings is 1. The van der Waals surface area contributed by atoms with Crippen LogP contribution in [0.25, 0.3) is 0 Å². The first-order chi connectivity index (χ1) is 9.53. The molecule has 1 aromatic carbocycles. The summed E-state index contributed by atoms with van der Waals surface area (Å²) in [5.74, 6) is -0.826. The largest absolute Gasteiger partial charge is 0.398 e. The third-order valence-corrected chi connectivity index (χ3v) is 5.72. The van der Waals surface area contributed by atoms with Crippen molar-refractivity contribution >= 4 is 31.6 Å². The summed E-state index contributed by atoms with van der Waals surface area (Å²) in [6, 6.07) is 2.21. The zero-order chi connectivity index (χ0) is 16.0. The zero-order valence-electron chi connectivity index (χ0n) is 12.1. The van der Waals surface area contributed by atoms with E-state index < -0.39 is 26.3 Å². The smallest absolute Gasteiger partial charge is 0.246 e. The summed E-state index contributed by atoms with van der Waals surface area (Å²) in [5, 5.41) is 0. The molecule has 0 spiro atoms. The first kappa shape index (κ1) is 16.7. The van der Waals surface area contributed by atoms with Crippen LogP contribution in [0, 0.1) is 5.82 Å². The topological polar surface area (TPSA) is 72.6 Å². The average molecular weight is 381 g/mol. The van der Waals surface area contributed by atoms with Crippen molar-refractivity contribution in [1.29, 1.82) is 0 Å². The summed E-state index contributed by atoms with van der Waals surface area (Å²) >= 11 is 3.08. The Labute approximate surface area is 132 Å². The predicted molar refractivity (Wildman–Crippen MR) is 81.9 cm³/mol. The van der Waals surface area contributed by atoms with Crippen LogP contribution in [0.1, 0.15) is 20.8 Å². The average Bonchev–Trinajstić information content (AvgIpc) is 2.31. The van der Waals surface area contributed by atoms with Crippen LogP contribution in [0.15, 0.2) is 21.5 Å². The molecule has 2 rings (SSSR count). The van der Waals surface area contributed by atoms with Gasteiger partial charge in [-0.2, -0.15) is 4.31 Å². The Hall–Kier alpha value is -0.700. The van der Waals surface area contributed by atoms with E-state index >= 15 is 0 Å². The number of anilines is 1. The molecule has 0 amide bonds. The fourth-order valence-electron chi connectivity index (χ4n) is 2.46. The summed E-state index contributed by atoms with van der Waals surface area (Å²) in [6.45, 7) is 5.74. The second-order valence-corrected chi connectivity index (χ2v) is 8.55. The van der Waals surface area contributed by atoms with Crippen molar-refractivity contribution in [3.63, 3.8) is 0 Å². The predicted octanol–water partition coefficient (Wildman–Crippen LogP) is 2.36. The summed E-state index contributed by atoms with van der Waals surface area (Å²) in [4.78, 5) is -0.409. The highest BCUT2D eigenvalue weighted by atomic mass is 79.9. The fraction of sp³-hybridized carbons (Fsp3) is 0.538. The number of rotatable bonds is 2. The Morgan fingerprint density at radius 3 is 2.67 bits per heavy atom. The van der Waals surface area contributed by atoms with Crippen LogP contribution in [0.5, 0.6) is 0 Å². The molecule has 0 saturated carbocycles. The fourth-order valence-corrected chi connectivity index (χ4v) is 4.52. The molecule has 1 unspecified atom stereocenters. The minimum Gasteiger partial charge on any atom is -0.398 e. The Morgan fingerprint density at radius 1 is 1.48 bits per heavy atom. The van der Waals surface area contributed by atoms with E-state index in [1.165, 1.54) is 4.31 Å². The maximum atomic E-state index is 14.0. The van der Waals surface area contributed by atoms with E-state index in [9.17, 15) is 12.8 Å². The number of hydrogen-bond donors (Lipinski definition) is 1. The van der Waals surface area contributed by atoms with Crippen LogP contribution in [-0.4, -0.2) is 37.5 Å². The van der Waals surface area contributed by atoms with Gasteiger partial charge in [-0.3, -0.25) is 0 Å². The maximum absolute atomic E-state index is 14.0. The highest BCUT2D eigenvalue weighted by molar-refractivity contribution is 9.10. The van der Waals surface area contributed by atoms with Crippen LogP contribution in [-0.2, 0) is 14.8 Å². The number of nitrogens with zero attached hydrogens (tertiary/aromatic N) is 1. The number of ether oxygens (including phenoxy) is 1. The molecule has 0 aromatic heterocycles. The molecule has 1 fully saturated rings. The van der Waals surface area contributed by atoms with Gasteiger partial charge in [-0.1, -0.05) is 0 Å². The number of nitrogen functional groups attached to an aromatic ring is 1. The summed E-state index contributed by atoms with van der Waals surface area (Å²) in [7, 11) is -3.96. The molecular weight excluding hydrogens is 363 g/mol. The third-order valence-electron chi connectivity index (χ3n) is 3.21. The summed E-state index contributed by atoms with van der Waals surface area (Å²) in [5.41, 5.74) is 5.23. The lowest BCUT2D eigenvalue weighted by Gasteiger charge is -2.40. The van der Waals surface area contributed by atoms with Gasteiger partial charge in [0.25, 0.3) is 0 Å². The van der Waals surface area contributed by atoms with Crippen LogP contribution >= 0.6 is 15.9 Å². The van der Waals surface area contributed by atoms with Crippen LogP contribution in [0.2, 0.25) is 0 Å². The van der Waals surface area contributed by atoms with Gasteiger partial charge in [0, 0.05) is 23.2 Å². The molecule has 118 valence electrons. The van der Waals surface area contributed by atoms with E-state index in [1.54, 1.807) is 20.8 Å². The number of halogens is 2. The first-order valence-electron chi connectivity index (χ1n) is 6.45. The van der Waals surface area contributed by atoms with Crippen LogP contribution in [0.4, 0.5) is 10.1 Å². The number of hydrogen-bond acceptors (Lipinski definition) is 4. The Balaban J connectivity index is 2.45.